The molecule has 1 heterocycles. The van der Waals surface area contributed by atoms with Crippen molar-refractivity contribution in [1.29, 1.82) is 0 Å². The number of methoxy groups -OCH3 is 1. The van der Waals surface area contributed by atoms with Crippen LogP contribution >= 0.6 is 11.6 Å². The number of rotatable bonds is 6. The van der Waals surface area contributed by atoms with Crippen molar-refractivity contribution in [3.63, 3.8) is 0 Å². The van der Waals surface area contributed by atoms with E-state index in [1.54, 1.807) is 11.9 Å². The van der Waals surface area contributed by atoms with Crippen LogP contribution in [0, 0.1) is 10.4 Å². The molecular formula is C32H27ClN4O10. The maximum absolute atomic E-state index is 13.7. The van der Waals surface area contributed by atoms with E-state index in [9.17, 15) is 44.1 Å². The zero-order valence-electron chi connectivity index (χ0n) is 25.4. The lowest BCUT2D eigenvalue weighted by Gasteiger charge is -2.27. The predicted octanol–water partition coefficient (Wildman–Crippen LogP) is -1.04. The van der Waals surface area contributed by atoms with Crippen LogP contribution < -0.4 is 47.9 Å². The number of hydrogen-bond donors (Lipinski definition) is 5. The fraction of sp³-hybridized carbons (Fsp3) is 0.281. The molecule has 0 bridgehead atoms. The lowest BCUT2D eigenvalue weighted by atomic mass is 9.78. The molecule has 5 N–H and O–H groups in total. The summed E-state index contributed by atoms with van der Waals surface area (Å²) in [6.07, 6.45) is 0.988. The number of ether oxygens (including phenoxy) is 1. The number of carbonyl (C=O) groups excluding carboxylic acids is 1. The Labute approximate surface area is 267 Å². The second kappa shape index (κ2) is 10.9. The van der Waals surface area contributed by atoms with Crippen LogP contribution in [-0.2, 0) is 16.6 Å². The minimum Gasteiger partial charge on any atom is -0.510 e. The standard InChI is InChI=1S/C32H27ClN4O10/c1-11(2)37(3)10-17(39)36-34-9-12-7-14-18(31(46)35-12)28(43)23-13(24(14)33)5-6-32(23)29(44)21-22(30(32)45)27(42)20-19(26(21)41)15(38)8-16(47-4)25(20)40/h7-9,11,43-45H,5-6,10H2,1-4H3,(H,35,46)(H,36,39)/t32-/m0/s1. The maximum Gasteiger partial charge on any atom is 0.260 e. The first-order valence-electron chi connectivity index (χ1n) is 14.4. The summed E-state index contributed by atoms with van der Waals surface area (Å²) in [5.41, 5.74) is -4.82. The maximum atomic E-state index is 13.7. The van der Waals surface area contributed by atoms with Crippen molar-refractivity contribution in [2.45, 2.75) is 38.1 Å². The highest BCUT2D eigenvalue weighted by Crippen LogP contribution is 2.56. The number of H-pyrrole nitrogens is 1. The van der Waals surface area contributed by atoms with Gasteiger partial charge in [-0.25, -0.2) is 5.43 Å². The number of hydrazone groups is 1. The van der Waals surface area contributed by atoms with Gasteiger partial charge in [0.2, 0.25) is 16.3 Å². The Morgan fingerprint density at radius 1 is 1.06 bits per heavy atom. The van der Waals surface area contributed by atoms with Crippen LogP contribution in [-0.4, -0.2) is 64.1 Å². The number of amides is 1. The van der Waals surface area contributed by atoms with Gasteiger partial charge in [0.15, 0.2) is 11.2 Å². The van der Waals surface area contributed by atoms with E-state index in [-0.39, 0.29) is 58.0 Å². The number of nitrogens with zero attached hydrogens (tertiary/aromatic N) is 2. The lowest BCUT2D eigenvalue weighted by Crippen LogP contribution is -2.51. The molecule has 2 aromatic rings. The summed E-state index contributed by atoms with van der Waals surface area (Å²) in [6.45, 7) is 3.93. The van der Waals surface area contributed by atoms with Gasteiger partial charge in [0.05, 0.1) is 56.8 Å². The Morgan fingerprint density at radius 3 is 2.32 bits per heavy atom. The average molecular weight is 663 g/mol. The SMILES string of the molecule is COc1cc(=O)c2c(=O)c3c(c(=O)c=2c1=O)=C(O)[C@]1(CCc2c1c(O)c1c(=O)[nH]c(C=NNC(=O)CN(C)C(C)C)cc1c2Cl)C=3O. The Bertz CT molecular complexity index is 2590. The number of likely N-dealkylation sites (N-methyl/N-ethyl adjacent to an activating group) is 1. The van der Waals surface area contributed by atoms with E-state index in [1.165, 1.54) is 12.3 Å². The molecule has 1 atom stereocenters. The first-order valence-corrected chi connectivity index (χ1v) is 14.7. The topological polar surface area (TPSA) is 216 Å². The first-order chi connectivity index (χ1) is 22.2. The Balaban J connectivity index is 1.56. The highest BCUT2D eigenvalue weighted by atomic mass is 35.5. The molecule has 1 aromatic heterocycles. The van der Waals surface area contributed by atoms with Gasteiger partial charge in [0.25, 0.3) is 11.5 Å². The number of nitrogens with one attached hydrogen (secondary N) is 2. The first kappa shape index (κ1) is 31.6. The van der Waals surface area contributed by atoms with Crippen molar-refractivity contribution in [3.8, 4) is 11.5 Å². The number of halogens is 1. The molecule has 0 radical (unpaired) electrons. The largest absolute Gasteiger partial charge is 0.510 e. The number of pyridine rings is 1. The Hall–Kier alpha value is -5.34. The van der Waals surface area contributed by atoms with E-state index in [0.717, 1.165) is 13.2 Å². The second-order valence-corrected chi connectivity index (χ2v) is 12.2. The van der Waals surface area contributed by atoms with Crippen LogP contribution in [0.2, 0.25) is 5.02 Å². The monoisotopic (exact) mass is 662 g/mol. The lowest BCUT2D eigenvalue weighted by molar-refractivity contribution is -0.122. The molecule has 15 heteroatoms. The normalized spacial score (nSPS) is 17.2. The van der Waals surface area contributed by atoms with Gasteiger partial charge in [-0.15, -0.1) is 0 Å². The van der Waals surface area contributed by atoms with E-state index in [0.29, 0.717) is 0 Å². The summed E-state index contributed by atoms with van der Waals surface area (Å²) < 4.78 is 4.89. The summed E-state index contributed by atoms with van der Waals surface area (Å²) in [7, 11) is 2.88. The molecule has 1 amide bonds. The van der Waals surface area contributed by atoms with Gasteiger partial charge in [0.1, 0.15) is 22.7 Å². The molecule has 14 nitrogen and oxygen atoms in total. The molecule has 1 spiro atoms. The fourth-order valence-corrected chi connectivity index (χ4v) is 6.84. The third-order valence-electron chi connectivity index (χ3n) is 9.04. The van der Waals surface area contributed by atoms with E-state index >= 15 is 0 Å². The molecule has 0 fully saturated rings. The van der Waals surface area contributed by atoms with Gasteiger partial charge in [-0.2, -0.15) is 5.10 Å². The van der Waals surface area contributed by atoms with Crippen molar-refractivity contribution in [2.75, 3.05) is 20.7 Å². The van der Waals surface area contributed by atoms with E-state index in [4.69, 9.17) is 16.3 Å². The zero-order chi connectivity index (χ0) is 34.3. The number of aromatic amines is 1. The third-order valence-corrected chi connectivity index (χ3v) is 9.48. The van der Waals surface area contributed by atoms with Crippen LogP contribution in [0.15, 0.2) is 41.2 Å². The van der Waals surface area contributed by atoms with Crippen molar-refractivity contribution >= 4 is 46.0 Å². The quantitative estimate of drug-likeness (QED) is 0.124. The van der Waals surface area contributed by atoms with E-state index in [2.05, 4.69) is 15.5 Å². The molecule has 47 heavy (non-hydrogen) atoms. The number of phenolic OH excluding ortho intramolecular Hbond substituents is 1. The average Bonchev–Trinajstić information content (AvgIpc) is 3.52. The van der Waals surface area contributed by atoms with Crippen LogP contribution in [0.1, 0.15) is 37.1 Å². The third kappa shape index (κ3) is 4.32. The molecule has 6 rings (SSSR count). The molecule has 0 unspecified atom stereocenters. The minimum atomic E-state index is -2.09. The summed E-state index contributed by atoms with van der Waals surface area (Å²) >= 11 is 6.78. The second-order valence-electron chi connectivity index (χ2n) is 11.8. The highest BCUT2D eigenvalue weighted by molar-refractivity contribution is 6.37. The molecule has 4 aliphatic carbocycles. The van der Waals surface area contributed by atoms with Gasteiger partial charge in [-0.05, 0) is 45.4 Å². The zero-order valence-corrected chi connectivity index (χ0v) is 26.2. The van der Waals surface area contributed by atoms with E-state index < -0.39 is 82.5 Å². The van der Waals surface area contributed by atoms with Crippen LogP contribution in [0.4, 0.5) is 0 Å². The van der Waals surface area contributed by atoms with Crippen molar-refractivity contribution < 1.29 is 24.9 Å². The van der Waals surface area contributed by atoms with Gasteiger partial charge in [-0.3, -0.25) is 33.7 Å². The number of benzene rings is 1. The van der Waals surface area contributed by atoms with Crippen LogP contribution in [0.25, 0.3) is 22.3 Å². The summed E-state index contributed by atoms with van der Waals surface area (Å²) in [5, 5.41) is 35.4. The highest BCUT2D eigenvalue weighted by Gasteiger charge is 2.53. The smallest absolute Gasteiger partial charge is 0.260 e. The number of fused-ring (bicyclic) bond motifs is 4. The van der Waals surface area contributed by atoms with Gasteiger partial charge < -0.3 is 25.0 Å². The van der Waals surface area contributed by atoms with Gasteiger partial charge >= 0.3 is 0 Å². The van der Waals surface area contributed by atoms with Crippen LogP contribution in [0.3, 0.4) is 0 Å². The number of carbonyl (C=O) groups is 1. The number of aliphatic hydroxyl groups is 2. The molecule has 242 valence electrons. The van der Waals surface area contributed by atoms with Gasteiger partial charge in [0, 0.05) is 23.1 Å². The molecule has 0 aliphatic heterocycles. The number of phenols is 1. The van der Waals surface area contributed by atoms with Gasteiger partial charge in [-0.1, -0.05) is 11.6 Å². The van der Waals surface area contributed by atoms with Crippen molar-refractivity contribution in [3.05, 3.63) is 106 Å². The number of hydrogen-bond acceptors (Lipinski definition) is 12. The summed E-state index contributed by atoms with van der Waals surface area (Å²) in [6, 6.07) is 2.30. The van der Waals surface area contributed by atoms with Crippen molar-refractivity contribution in [2.24, 2.45) is 5.10 Å². The minimum absolute atomic E-state index is 0.00472. The summed E-state index contributed by atoms with van der Waals surface area (Å²) in [4.78, 5) is 82.9. The van der Waals surface area contributed by atoms with E-state index in [1.807, 2.05) is 13.8 Å². The predicted molar refractivity (Wildman–Crippen MR) is 172 cm³/mol. The number of aliphatic hydroxyl groups excluding tert-OH is 2. The van der Waals surface area contributed by atoms with Crippen LogP contribution in [0.5, 0.6) is 11.5 Å². The molecular weight excluding hydrogens is 636 g/mol. The summed E-state index contributed by atoms with van der Waals surface area (Å²) in [5.74, 6) is -3.23. The molecule has 4 aliphatic rings. The molecule has 0 saturated heterocycles. The number of aromatic hydroxyl groups is 1. The fourth-order valence-electron chi connectivity index (χ4n) is 6.50. The molecule has 1 aromatic carbocycles. The Kier molecular flexibility index (Phi) is 7.32. The molecule has 0 saturated carbocycles. The van der Waals surface area contributed by atoms with Crippen molar-refractivity contribution in [1.82, 2.24) is 15.3 Å². The number of aromatic nitrogens is 1. The Morgan fingerprint density at radius 2 is 1.70 bits per heavy atom.